The number of esters is 1. The largest absolute Gasteiger partial charge is 0.458 e. The highest BCUT2D eigenvalue weighted by Gasteiger charge is 2.13. The predicted octanol–water partition coefficient (Wildman–Crippen LogP) is 5.86. The van der Waals surface area contributed by atoms with Crippen LogP contribution in [0.3, 0.4) is 0 Å². The van der Waals surface area contributed by atoms with Gasteiger partial charge >= 0.3 is 5.97 Å². The first kappa shape index (κ1) is 23.7. The highest BCUT2D eigenvalue weighted by atomic mass is 28.3. The van der Waals surface area contributed by atoms with E-state index in [0.717, 1.165) is 29.3 Å². The second kappa shape index (κ2) is 10.2. The zero-order valence-corrected chi connectivity index (χ0v) is 20.9. The van der Waals surface area contributed by atoms with Crippen LogP contribution in [0.5, 0.6) is 11.6 Å². The highest BCUT2D eigenvalue weighted by molar-refractivity contribution is 6.76. The summed E-state index contributed by atoms with van der Waals surface area (Å²) in [4.78, 5) is 15.4. The average Bonchev–Trinajstić information content (AvgIpc) is 3.41. The molecule has 0 aliphatic carbocycles. The van der Waals surface area contributed by atoms with Gasteiger partial charge in [0.05, 0.1) is 5.69 Å². The summed E-state index contributed by atoms with van der Waals surface area (Å²) in [5.41, 5.74) is 2.51. The van der Waals surface area contributed by atoms with Crippen LogP contribution in [-0.4, -0.2) is 35.4 Å². The molecule has 0 fully saturated rings. The van der Waals surface area contributed by atoms with Crippen molar-refractivity contribution in [1.82, 2.24) is 14.8 Å². The Hall–Kier alpha value is -3.43. The second-order valence-corrected chi connectivity index (χ2v) is 14.9. The number of benzene rings is 1. The summed E-state index contributed by atoms with van der Waals surface area (Å²) in [6, 6.07) is 14.2. The van der Waals surface area contributed by atoms with Gasteiger partial charge in [-0.2, -0.15) is 5.10 Å². The molecule has 0 spiro atoms. The fraction of sp³-hybridized carbons (Fsp3) is 0.320. The maximum absolute atomic E-state index is 11.0. The van der Waals surface area contributed by atoms with Crippen molar-refractivity contribution in [2.45, 2.75) is 45.9 Å². The molecule has 0 saturated carbocycles. The summed E-state index contributed by atoms with van der Waals surface area (Å²) in [6.07, 6.45) is 3.52. The first-order chi connectivity index (χ1) is 16.3. The number of ether oxygens (including phenoxy) is 3. The van der Waals surface area contributed by atoms with Gasteiger partial charge in [-0.05, 0) is 36.4 Å². The summed E-state index contributed by atoms with van der Waals surface area (Å²) < 4.78 is 24.3. The third-order valence-corrected chi connectivity index (χ3v) is 6.85. The molecule has 4 aromatic rings. The molecule has 4 rings (SSSR count). The van der Waals surface area contributed by atoms with Gasteiger partial charge in [0.1, 0.15) is 30.4 Å². The lowest BCUT2D eigenvalue weighted by atomic mass is 10.2. The molecular formula is C25H29N3O5Si. The van der Waals surface area contributed by atoms with Crippen molar-refractivity contribution >= 4 is 25.0 Å². The SMILES string of the molecule is CC(=O)OCc1cc2ccc(Oc3ccc(-c4ccnn4COCC[Si](C)(C)C)cn3)cc2o1. The van der Waals surface area contributed by atoms with Gasteiger partial charge in [0.15, 0.2) is 0 Å². The summed E-state index contributed by atoms with van der Waals surface area (Å²) in [5.74, 6) is 1.29. The maximum Gasteiger partial charge on any atom is 0.303 e. The Morgan fingerprint density at radius 1 is 1.12 bits per heavy atom. The quantitative estimate of drug-likeness (QED) is 0.160. The Labute approximate surface area is 199 Å². The van der Waals surface area contributed by atoms with Crippen molar-refractivity contribution in [3.05, 3.63) is 60.6 Å². The van der Waals surface area contributed by atoms with Crippen LogP contribution in [0.4, 0.5) is 0 Å². The van der Waals surface area contributed by atoms with E-state index in [2.05, 4.69) is 29.7 Å². The van der Waals surface area contributed by atoms with Crippen LogP contribution in [0.2, 0.25) is 25.7 Å². The van der Waals surface area contributed by atoms with E-state index < -0.39 is 8.07 Å². The lowest BCUT2D eigenvalue weighted by molar-refractivity contribution is -0.142. The Balaban J connectivity index is 1.39. The molecular weight excluding hydrogens is 450 g/mol. The lowest BCUT2D eigenvalue weighted by Gasteiger charge is -2.16. The van der Waals surface area contributed by atoms with Gasteiger partial charge in [0.2, 0.25) is 5.88 Å². The van der Waals surface area contributed by atoms with Gasteiger partial charge in [-0.3, -0.25) is 4.79 Å². The lowest BCUT2D eigenvalue weighted by Crippen LogP contribution is -2.22. The molecule has 0 atom stereocenters. The minimum Gasteiger partial charge on any atom is -0.458 e. The standard InChI is InChI=1S/C25H29N3O5Si/c1-18(29)31-16-22-13-19-5-7-21(14-24(19)32-22)33-25-8-6-20(15-26-25)23-9-10-27-28(23)17-30-11-12-34(2,3)4/h5-10,13-15H,11-12,16-17H2,1-4H3. The zero-order chi connectivity index (χ0) is 24.1. The molecule has 3 heterocycles. The van der Waals surface area contributed by atoms with Crippen molar-refractivity contribution in [1.29, 1.82) is 0 Å². The van der Waals surface area contributed by atoms with Gasteiger partial charge in [-0.25, -0.2) is 9.67 Å². The molecule has 0 aliphatic heterocycles. The molecule has 0 unspecified atom stereocenters. The van der Waals surface area contributed by atoms with E-state index in [9.17, 15) is 4.79 Å². The normalized spacial score (nSPS) is 11.6. The number of pyridine rings is 1. The average molecular weight is 480 g/mol. The maximum atomic E-state index is 11.0. The van der Waals surface area contributed by atoms with Crippen molar-refractivity contribution < 1.29 is 23.4 Å². The van der Waals surface area contributed by atoms with E-state index in [1.165, 1.54) is 6.92 Å². The van der Waals surface area contributed by atoms with E-state index in [-0.39, 0.29) is 12.6 Å². The van der Waals surface area contributed by atoms with Gasteiger partial charge in [-0.1, -0.05) is 19.6 Å². The number of carbonyl (C=O) groups is 1. The zero-order valence-electron chi connectivity index (χ0n) is 19.9. The summed E-state index contributed by atoms with van der Waals surface area (Å²) in [5, 5.41) is 5.28. The van der Waals surface area contributed by atoms with E-state index in [1.54, 1.807) is 18.5 Å². The van der Waals surface area contributed by atoms with E-state index in [4.69, 9.17) is 18.6 Å². The molecule has 0 amide bonds. The van der Waals surface area contributed by atoms with Gasteiger partial charge in [-0.15, -0.1) is 0 Å². The Bertz CT molecular complexity index is 1260. The Morgan fingerprint density at radius 2 is 1.97 bits per heavy atom. The van der Waals surface area contributed by atoms with Crippen molar-refractivity contribution in [2.75, 3.05) is 6.61 Å². The molecule has 0 bridgehead atoms. The predicted molar refractivity (Wildman–Crippen MR) is 131 cm³/mol. The van der Waals surface area contributed by atoms with Gasteiger partial charge in [0, 0.05) is 57.1 Å². The molecule has 0 aliphatic rings. The van der Waals surface area contributed by atoms with Gasteiger partial charge in [0.25, 0.3) is 0 Å². The van der Waals surface area contributed by atoms with Crippen molar-refractivity contribution in [2.24, 2.45) is 0 Å². The van der Waals surface area contributed by atoms with Crippen LogP contribution in [0.1, 0.15) is 12.7 Å². The van der Waals surface area contributed by atoms with Crippen molar-refractivity contribution in [3.8, 4) is 22.9 Å². The van der Waals surface area contributed by atoms with Crippen LogP contribution >= 0.6 is 0 Å². The molecule has 1 aromatic carbocycles. The van der Waals surface area contributed by atoms with Crippen LogP contribution in [0.25, 0.3) is 22.2 Å². The molecule has 0 radical (unpaired) electrons. The van der Waals surface area contributed by atoms with Crippen LogP contribution in [0, 0.1) is 0 Å². The number of aromatic nitrogens is 3. The van der Waals surface area contributed by atoms with Crippen LogP contribution in [-0.2, 0) is 27.6 Å². The molecule has 178 valence electrons. The second-order valence-electron chi connectivity index (χ2n) is 9.24. The molecule has 0 saturated heterocycles. The molecule has 0 N–H and O–H groups in total. The number of carbonyl (C=O) groups excluding carboxylic acids is 1. The first-order valence-electron chi connectivity index (χ1n) is 11.2. The Morgan fingerprint density at radius 3 is 2.71 bits per heavy atom. The molecule has 3 aromatic heterocycles. The van der Waals surface area contributed by atoms with E-state index in [1.807, 2.05) is 41.1 Å². The number of fused-ring (bicyclic) bond motifs is 1. The highest BCUT2D eigenvalue weighted by Crippen LogP contribution is 2.28. The molecule has 34 heavy (non-hydrogen) atoms. The van der Waals surface area contributed by atoms with Crippen LogP contribution in [0.15, 0.2) is 59.3 Å². The summed E-state index contributed by atoms with van der Waals surface area (Å²) in [7, 11) is -1.12. The number of rotatable bonds is 10. The number of nitrogens with zero attached hydrogens (tertiary/aromatic N) is 3. The monoisotopic (exact) mass is 479 g/mol. The molecule has 8 nitrogen and oxygen atoms in total. The minimum absolute atomic E-state index is 0.100. The fourth-order valence-corrected chi connectivity index (χ4v) is 4.05. The van der Waals surface area contributed by atoms with E-state index >= 15 is 0 Å². The summed E-state index contributed by atoms with van der Waals surface area (Å²) >= 11 is 0. The minimum atomic E-state index is -1.12. The van der Waals surface area contributed by atoms with Crippen molar-refractivity contribution in [3.63, 3.8) is 0 Å². The first-order valence-corrected chi connectivity index (χ1v) is 14.9. The fourth-order valence-electron chi connectivity index (χ4n) is 3.30. The van der Waals surface area contributed by atoms with Crippen LogP contribution < -0.4 is 4.74 Å². The third-order valence-electron chi connectivity index (χ3n) is 5.14. The number of furan rings is 1. The number of hydrogen-bond donors (Lipinski definition) is 0. The smallest absolute Gasteiger partial charge is 0.303 e. The van der Waals surface area contributed by atoms with E-state index in [0.29, 0.717) is 29.7 Å². The summed E-state index contributed by atoms with van der Waals surface area (Å²) in [6.45, 7) is 9.62. The van der Waals surface area contributed by atoms with Gasteiger partial charge < -0.3 is 18.6 Å². The topological polar surface area (TPSA) is 88.6 Å². The Kier molecular flexibility index (Phi) is 7.14. The third kappa shape index (κ3) is 6.33. The molecule has 9 heteroatoms. The number of hydrogen-bond acceptors (Lipinski definition) is 7.